The van der Waals surface area contributed by atoms with Crippen molar-refractivity contribution >= 4 is 0 Å². The van der Waals surface area contributed by atoms with Crippen LogP contribution < -0.4 is 0 Å². The van der Waals surface area contributed by atoms with Gasteiger partial charge in [-0.15, -0.1) is 0 Å². The molecule has 5 heteroatoms. The largest absolute Gasteiger partial charge is 0.380 e. The Hall–Kier alpha value is -0.200. The topological polar surface area (TPSA) is 52.8 Å². The average Bonchev–Trinajstić information content (AvgIpc) is 3.16. The molecule has 0 aromatic heterocycles. The van der Waals surface area contributed by atoms with E-state index >= 15 is 0 Å². The summed E-state index contributed by atoms with van der Waals surface area (Å²) in [5.41, 5.74) is -0.0412. The van der Waals surface area contributed by atoms with E-state index < -0.39 is 0 Å². The molecule has 2 unspecified atom stereocenters. The zero-order valence-electron chi connectivity index (χ0n) is 11.2. The second kappa shape index (κ2) is 4.42. The van der Waals surface area contributed by atoms with Crippen LogP contribution in [0.4, 0.5) is 0 Å². The molecule has 0 saturated carbocycles. The Morgan fingerprint density at radius 2 is 1.22 bits per heavy atom. The Morgan fingerprint density at radius 3 is 1.50 bits per heavy atom. The maximum absolute atomic E-state index is 5.75. The van der Waals surface area contributed by atoms with Gasteiger partial charge < -0.3 is 23.7 Å². The summed E-state index contributed by atoms with van der Waals surface area (Å²) in [6.07, 6.45) is 0. The normalized spacial score (nSPS) is 40.3. The SMILES string of the molecule is CC1(COCC2(COCC3(C)CO3)COC2)CO1. The van der Waals surface area contributed by atoms with Gasteiger partial charge in [-0.2, -0.15) is 0 Å². The second-order valence-electron chi connectivity index (χ2n) is 6.46. The zero-order valence-corrected chi connectivity index (χ0v) is 11.2. The quantitative estimate of drug-likeness (QED) is 0.597. The highest BCUT2D eigenvalue weighted by Gasteiger charge is 2.45. The first kappa shape index (κ1) is 12.8. The first-order valence-electron chi connectivity index (χ1n) is 6.55. The van der Waals surface area contributed by atoms with Crippen molar-refractivity contribution < 1.29 is 23.7 Å². The van der Waals surface area contributed by atoms with Crippen molar-refractivity contribution in [1.82, 2.24) is 0 Å². The van der Waals surface area contributed by atoms with Gasteiger partial charge >= 0.3 is 0 Å². The molecule has 3 heterocycles. The van der Waals surface area contributed by atoms with E-state index in [4.69, 9.17) is 23.7 Å². The van der Waals surface area contributed by atoms with E-state index in [0.717, 1.165) is 26.4 Å². The van der Waals surface area contributed by atoms with Crippen molar-refractivity contribution in [3.05, 3.63) is 0 Å². The second-order valence-corrected chi connectivity index (χ2v) is 6.46. The lowest BCUT2D eigenvalue weighted by Gasteiger charge is -2.41. The lowest BCUT2D eigenvalue weighted by molar-refractivity contribution is -0.181. The molecule has 0 aliphatic carbocycles. The summed E-state index contributed by atoms with van der Waals surface area (Å²) in [5.74, 6) is 0. The summed E-state index contributed by atoms with van der Waals surface area (Å²) >= 11 is 0. The Labute approximate surface area is 108 Å². The van der Waals surface area contributed by atoms with Crippen LogP contribution in [-0.2, 0) is 23.7 Å². The average molecular weight is 258 g/mol. The molecule has 0 N–H and O–H groups in total. The first-order chi connectivity index (χ1) is 8.54. The van der Waals surface area contributed by atoms with Crippen LogP contribution in [0.2, 0.25) is 0 Å². The molecule has 0 aromatic rings. The lowest BCUT2D eigenvalue weighted by Crippen LogP contribution is -2.50. The van der Waals surface area contributed by atoms with Crippen LogP contribution in [0.15, 0.2) is 0 Å². The van der Waals surface area contributed by atoms with Crippen molar-refractivity contribution in [2.24, 2.45) is 5.41 Å². The van der Waals surface area contributed by atoms with Crippen LogP contribution in [-0.4, -0.2) is 64.1 Å². The fourth-order valence-electron chi connectivity index (χ4n) is 1.98. The van der Waals surface area contributed by atoms with Crippen LogP contribution >= 0.6 is 0 Å². The molecule has 3 fully saturated rings. The predicted octanol–water partition coefficient (Wildman–Crippen LogP) is 0.614. The van der Waals surface area contributed by atoms with Gasteiger partial charge in [0.1, 0.15) is 11.2 Å². The molecule has 3 aliphatic heterocycles. The molecule has 0 spiro atoms. The minimum absolute atomic E-state index is 0.0382. The number of hydrogen-bond donors (Lipinski definition) is 0. The van der Waals surface area contributed by atoms with Crippen LogP contribution in [0.1, 0.15) is 13.8 Å². The first-order valence-corrected chi connectivity index (χ1v) is 6.55. The smallest absolute Gasteiger partial charge is 0.112 e. The molecule has 3 saturated heterocycles. The Morgan fingerprint density at radius 1 is 0.778 bits per heavy atom. The maximum atomic E-state index is 5.75. The highest BCUT2D eigenvalue weighted by Crippen LogP contribution is 2.32. The van der Waals surface area contributed by atoms with Gasteiger partial charge in [0, 0.05) is 0 Å². The molecule has 0 amide bonds. The molecule has 2 atom stereocenters. The van der Waals surface area contributed by atoms with Crippen molar-refractivity contribution in [3.63, 3.8) is 0 Å². The minimum atomic E-state index is -0.0397. The van der Waals surface area contributed by atoms with Gasteiger partial charge in [-0.25, -0.2) is 0 Å². The summed E-state index contributed by atoms with van der Waals surface area (Å²) in [7, 11) is 0. The van der Waals surface area contributed by atoms with Crippen molar-refractivity contribution in [1.29, 1.82) is 0 Å². The standard InChI is InChI=1S/C13H22O5/c1-11(5-17-11)3-14-7-13(9-16-10-13)8-15-4-12(2)6-18-12/h3-10H2,1-2H3. The van der Waals surface area contributed by atoms with E-state index in [2.05, 4.69) is 13.8 Å². The fraction of sp³-hybridized carbons (Fsp3) is 1.00. The number of epoxide rings is 2. The Bertz CT molecular complexity index is 279. The third kappa shape index (κ3) is 3.03. The Kier molecular flexibility index (Phi) is 3.15. The van der Waals surface area contributed by atoms with Gasteiger partial charge in [-0.3, -0.25) is 0 Å². The third-order valence-electron chi connectivity index (χ3n) is 3.72. The van der Waals surface area contributed by atoms with Gasteiger partial charge in [-0.05, 0) is 13.8 Å². The summed E-state index contributed by atoms with van der Waals surface area (Å²) in [6, 6.07) is 0. The fourth-order valence-corrected chi connectivity index (χ4v) is 1.98. The van der Waals surface area contributed by atoms with Gasteiger partial charge in [-0.1, -0.05) is 0 Å². The van der Waals surface area contributed by atoms with E-state index in [1.165, 1.54) is 0 Å². The van der Waals surface area contributed by atoms with Gasteiger partial charge in [0.05, 0.1) is 58.3 Å². The van der Waals surface area contributed by atoms with Crippen molar-refractivity contribution in [2.45, 2.75) is 25.0 Å². The highest BCUT2D eigenvalue weighted by molar-refractivity contribution is 4.90. The van der Waals surface area contributed by atoms with E-state index in [-0.39, 0.29) is 16.6 Å². The molecule has 3 aliphatic rings. The summed E-state index contributed by atoms with van der Waals surface area (Å²) in [6.45, 7) is 9.89. The Balaban J connectivity index is 1.36. The number of rotatable bonds is 8. The summed E-state index contributed by atoms with van der Waals surface area (Å²) in [5, 5.41) is 0. The van der Waals surface area contributed by atoms with Gasteiger partial charge in [0.2, 0.25) is 0 Å². The van der Waals surface area contributed by atoms with E-state index in [1.54, 1.807) is 0 Å². The van der Waals surface area contributed by atoms with E-state index in [9.17, 15) is 0 Å². The zero-order chi connectivity index (χ0) is 12.7. The number of hydrogen-bond acceptors (Lipinski definition) is 5. The minimum Gasteiger partial charge on any atom is -0.380 e. The van der Waals surface area contributed by atoms with Crippen LogP contribution in [0, 0.1) is 5.41 Å². The third-order valence-corrected chi connectivity index (χ3v) is 3.72. The van der Waals surface area contributed by atoms with Crippen LogP contribution in [0.25, 0.3) is 0 Å². The predicted molar refractivity (Wildman–Crippen MR) is 63.6 cm³/mol. The van der Waals surface area contributed by atoms with E-state index in [1.807, 2.05) is 0 Å². The molecule has 3 rings (SSSR count). The monoisotopic (exact) mass is 258 g/mol. The molecule has 0 aromatic carbocycles. The van der Waals surface area contributed by atoms with Crippen LogP contribution in [0.3, 0.4) is 0 Å². The molecule has 5 nitrogen and oxygen atoms in total. The molecule has 0 radical (unpaired) electrons. The lowest BCUT2D eigenvalue weighted by atomic mass is 9.88. The summed E-state index contributed by atoms with van der Waals surface area (Å²) < 4.78 is 27.4. The molecule has 18 heavy (non-hydrogen) atoms. The molecular weight excluding hydrogens is 236 g/mol. The van der Waals surface area contributed by atoms with Crippen molar-refractivity contribution in [2.75, 3.05) is 52.9 Å². The molecule has 0 bridgehead atoms. The van der Waals surface area contributed by atoms with Gasteiger partial charge in [0.15, 0.2) is 0 Å². The van der Waals surface area contributed by atoms with E-state index in [0.29, 0.717) is 26.4 Å². The van der Waals surface area contributed by atoms with Gasteiger partial charge in [0.25, 0.3) is 0 Å². The maximum Gasteiger partial charge on any atom is 0.112 e. The summed E-state index contributed by atoms with van der Waals surface area (Å²) in [4.78, 5) is 0. The highest BCUT2D eigenvalue weighted by atomic mass is 16.6. The molecular formula is C13H22O5. The van der Waals surface area contributed by atoms with Crippen molar-refractivity contribution in [3.8, 4) is 0 Å². The molecule has 104 valence electrons. The van der Waals surface area contributed by atoms with Crippen LogP contribution in [0.5, 0.6) is 0 Å². The number of ether oxygens (including phenoxy) is 5.